The fourth-order valence-corrected chi connectivity index (χ4v) is 1.93. The van der Waals surface area contributed by atoms with Gasteiger partial charge in [0.25, 0.3) is 0 Å². The SMILES string of the molecule is C=CCC(CCCN1CCOCC1)C(=O)O. The molecule has 1 rings (SSSR count). The van der Waals surface area contributed by atoms with Crippen LogP contribution in [0.5, 0.6) is 0 Å². The van der Waals surface area contributed by atoms with Crippen molar-refractivity contribution < 1.29 is 14.6 Å². The smallest absolute Gasteiger partial charge is 0.306 e. The molecule has 0 amide bonds. The molecule has 0 bridgehead atoms. The number of hydrogen-bond acceptors (Lipinski definition) is 3. The highest BCUT2D eigenvalue weighted by Crippen LogP contribution is 2.13. The van der Waals surface area contributed by atoms with E-state index in [0.717, 1.165) is 45.7 Å². The number of allylic oxidation sites excluding steroid dienone is 1. The number of nitrogens with zero attached hydrogens (tertiary/aromatic N) is 1. The normalized spacial score (nSPS) is 19.2. The zero-order valence-electron chi connectivity index (χ0n) is 9.73. The maximum Gasteiger partial charge on any atom is 0.306 e. The van der Waals surface area contributed by atoms with Crippen molar-refractivity contribution in [2.45, 2.75) is 19.3 Å². The van der Waals surface area contributed by atoms with E-state index in [1.165, 1.54) is 0 Å². The third-order valence-corrected chi connectivity index (χ3v) is 2.93. The van der Waals surface area contributed by atoms with E-state index in [0.29, 0.717) is 6.42 Å². The molecule has 1 fully saturated rings. The van der Waals surface area contributed by atoms with E-state index in [4.69, 9.17) is 9.84 Å². The summed E-state index contributed by atoms with van der Waals surface area (Å²) in [7, 11) is 0. The number of carboxylic acids is 1. The highest BCUT2D eigenvalue weighted by molar-refractivity contribution is 5.70. The fraction of sp³-hybridized carbons (Fsp3) is 0.750. The molecule has 0 aromatic rings. The summed E-state index contributed by atoms with van der Waals surface area (Å²) in [5, 5.41) is 8.96. The fourth-order valence-electron chi connectivity index (χ4n) is 1.93. The molecule has 1 aliphatic rings. The summed E-state index contributed by atoms with van der Waals surface area (Å²) in [6.07, 6.45) is 3.93. The number of morpholine rings is 1. The third kappa shape index (κ3) is 4.77. The first kappa shape index (κ1) is 13.2. The largest absolute Gasteiger partial charge is 0.481 e. The molecule has 1 heterocycles. The summed E-state index contributed by atoms with van der Waals surface area (Å²) in [4.78, 5) is 13.2. The van der Waals surface area contributed by atoms with Crippen molar-refractivity contribution in [3.05, 3.63) is 12.7 Å². The average molecular weight is 227 g/mol. The Morgan fingerprint density at radius 2 is 2.19 bits per heavy atom. The minimum Gasteiger partial charge on any atom is -0.481 e. The van der Waals surface area contributed by atoms with Crippen LogP contribution in [0.25, 0.3) is 0 Å². The van der Waals surface area contributed by atoms with Gasteiger partial charge in [0.1, 0.15) is 0 Å². The maximum absolute atomic E-state index is 10.9. The lowest BCUT2D eigenvalue weighted by Crippen LogP contribution is -2.37. The lowest BCUT2D eigenvalue weighted by atomic mass is 9.99. The summed E-state index contributed by atoms with van der Waals surface area (Å²) in [6, 6.07) is 0. The number of rotatable bonds is 7. The molecule has 1 aliphatic heterocycles. The Bertz CT molecular complexity index is 224. The van der Waals surface area contributed by atoms with Crippen LogP contribution in [0, 0.1) is 5.92 Å². The lowest BCUT2D eigenvalue weighted by Gasteiger charge is -2.26. The van der Waals surface area contributed by atoms with Crippen molar-refractivity contribution >= 4 is 5.97 Å². The molecule has 0 aliphatic carbocycles. The Labute approximate surface area is 96.9 Å². The van der Waals surface area contributed by atoms with Gasteiger partial charge in [0.2, 0.25) is 0 Å². The van der Waals surface area contributed by atoms with Crippen LogP contribution >= 0.6 is 0 Å². The van der Waals surface area contributed by atoms with Crippen LogP contribution in [0.1, 0.15) is 19.3 Å². The van der Waals surface area contributed by atoms with Gasteiger partial charge in [-0.3, -0.25) is 9.69 Å². The number of carbonyl (C=O) groups is 1. The predicted molar refractivity (Wildman–Crippen MR) is 62.4 cm³/mol. The molecule has 1 unspecified atom stereocenters. The molecular weight excluding hydrogens is 206 g/mol. The van der Waals surface area contributed by atoms with Crippen LogP contribution in [0.3, 0.4) is 0 Å². The molecule has 0 radical (unpaired) electrons. The zero-order valence-corrected chi connectivity index (χ0v) is 9.73. The second kappa shape index (κ2) is 7.41. The summed E-state index contributed by atoms with van der Waals surface area (Å²) in [6.45, 7) is 8.11. The van der Waals surface area contributed by atoms with E-state index in [1.54, 1.807) is 6.08 Å². The van der Waals surface area contributed by atoms with Crippen LogP contribution in [-0.4, -0.2) is 48.8 Å². The molecule has 1 N–H and O–H groups in total. The van der Waals surface area contributed by atoms with Crippen molar-refractivity contribution in [1.82, 2.24) is 4.90 Å². The van der Waals surface area contributed by atoms with Crippen LogP contribution in [-0.2, 0) is 9.53 Å². The first-order chi connectivity index (χ1) is 7.74. The minimum atomic E-state index is -0.707. The van der Waals surface area contributed by atoms with Crippen molar-refractivity contribution in [3.8, 4) is 0 Å². The monoisotopic (exact) mass is 227 g/mol. The predicted octanol–water partition coefficient (Wildman–Crippen LogP) is 1.38. The van der Waals surface area contributed by atoms with Crippen LogP contribution < -0.4 is 0 Å². The molecule has 0 spiro atoms. The molecule has 1 saturated heterocycles. The van der Waals surface area contributed by atoms with Crippen molar-refractivity contribution in [1.29, 1.82) is 0 Å². The lowest BCUT2D eigenvalue weighted by molar-refractivity contribution is -0.141. The van der Waals surface area contributed by atoms with Gasteiger partial charge in [-0.05, 0) is 25.8 Å². The van der Waals surface area contributed by atoms with Gasteiger partial charge in [-0.1, -0.05) is 6.08 Å². The van der Waals surface area contributed by atoms with Gasteiger partial charge in [0, 0.05) is 13.1 Å². The summed E-state index contributed by atoms with van der Waals surface area (Å²) < 4.78 is 5.25. The number of ether oxygens (including phenoxy) is 1. The Morgan fingerprint density at radius 3 is 2.75 bits per heavy atom. The molecule has 4 nitrogen and oxygen atoms in total. The van der Waals surface area contributed by atoms with Gasteiger partial charge in [-0.25, -0.2) is 0 Å². The van der Waals surface area contributed by atoms with Crippen LogP contribution in [0.15, 0.2) is 12.7 Å². The standard InChI is InChI=1S/C12H21NO3/c1-2-4-11(12(14)15)5-3-6-13-7-9-16-10-8-13/h2,11H,1,3-10H2,(H,14,15). The van der Waals surface area contributed by atoms with E-state index in [9.17, 15) is 4.79 Å². The first-order valence-corrected chi connectivity index (χ1v) is 5.88. The molecule has 0 aromatic carbocycles. The Balaban J connectivity index is 2.16. The summed E-state index contributed by atoms with van der Waals surface area (Å²) in [5.74, 6) is -0.972. The molecule has 0 aromatic heterocycles. The number of hydrogen-bond donors (Lipinski definition) is 1. The minimum absolute atomic E-state index is 0.265. The highest BCUT2D eigenvalue weighted by atomic mass is 16.5. The van der Waals surface area contributed by atoms with Crippen LogP contribution in [0.2, 0.25) is 0 Å². The van der Waals surface area contributed by atoms with E-state index >= 15 is 0 Å². The Morgan fingerprint density at radius 1 is 1.50 bits per heavy atom. The number of carboxylic acid groups (broad SMARTS) is 1. The summed E-state index contributed by atoms with van der Waals surface area (Å²) >= 11 is 0. The second-order valence-corrected chi connectivity index (χ2v) is 4.16. The van der Waals surface area contributed by atoms with Crippen LogP contribution in [0.4, 0.5) is 0 Å². The molecule has 1 atom stereocenters. The second-order valence-electron chi connectivity index (χ2n) is 4.16. The van der Waals surface area contributed by atoms with E-state index in [-0.39, 0.29) is 5.92 Å². The number of aliphatic carboxylic acids is 1. The topological polar surface area (TPSA) is 49.8 Å². The quantitative estimate of drug-likeness (QED) is 0.667. The third-order valence-electron chi connectivity index (χ3n) is 2.93. The van der Waals surface area contributed by atoms with Gasteiger partial charge in [0.05, 0.1) is 19.1 Å². The van der Waals surface area contributed by atoms with Gasteiger partial charge in [-0.15, -0.1) is 6.58 Å². The van der Waals surface area contributed by atoms with Gasteiger partial charge < -0.3 is 9.84 Å². The first-order valence-electron chi connectivity index (χ1n) is 5.88. The average Bonchev–Trinajstić information content (AvgIpc) is 2.29. The molecule has 0 saturated carbocycles. The zero-order chi connectivity index (χ0) is 11.8. The molecule has 92 valence electrons. The van der Waals surface area contributed by atoms with Gasteiger partial charge >= 0.3 is 5.97 Å². The Hall–Kier alpha value is -0.870. The van der Waals surface area contributed by atoms with E-state index in [2.05, 4.69) is 11.5 Å². The molecular formula is C12H21NO3. The van der Waals surface area contributed by atoms with Crippen molar-refractivity contribution in [3.63, 3.8) is 0 Å². The molecule has 16 heavy (non-hydrogen) atoms. The summed E-state index contributed by atoms with van der Waals surface area (Å²) in [5.41, 5.74) is 0. The Kier molecular flexibility index (Phi) is 6.11. The highest BCUT2D eigenvalue weighted by Gasteiger charge is 2.16. The van der Waals surface area contributed by atoms with Gasteiger partial charge in [0.15, 0.2) is 0 Å². The van der Waals surface area contributed by atoms with E-state index in [1.807, 2.05) is 0 Å². The van der Waals surface area contributed by atoms with Crippen molar-refractivity contribution in [2.75, 3.05) is 32.8 Å². The maximum atomic E-state index is 10.9. The van der Waals surface area contributed by atoms with Gasteiger partial charge in [-0.2, -0.15) is 0 Å². The van der Waals surface area contributed by atoms with Crippen molar-refractivity contribution in [2.24, 2.45) is 5.92 Å². The molecule has 4 heteroatoms. The van der Waals surface area contributed by atoms with E-state index < -0.39 is 5.97 Å².